The molecule has 1 aromatic carbocycles. The molecule has 20 heavy (non-hydrogen) atoms. The molecule has 1 heterocycles. The van der Waals surface area contributed by atoms with Gasteiger partial charge < -0.3 is 15.5 Å². The van der Waals surface area contributed by atoms with E-state index in [-0.39, 0.29) is 18.0 Å². The lowest BCUT2D eigenvalue weighted by Crippen LogP contribution is -2.40. The first-order chi connectivity index (χ1) is 9.61. The van der Waals surface area contributed by atoms with Gasteiger partial charge >= 0.3 is 5.76 Å². The van der Waals surface area contributed by atoms with Crippen molar-refractivity contribution in [3.05, 3.63) is 34.3 Å². The van der Waals surface area contributed by atoms with Crippen molar-refractivity contribution in [2.24, 2.45) is 5.73 Å². The predicted octanol–water partition coefficient (Wildman–Crippen LogP) is 1.12. The molecule has 4 N–H and O–H groups in total. The van der Waals surface area contributed by atoms with Crippen molar-refractivity contribution < 1.29 is 9.21 Å². The zero-order valence-electron chi connectivity index (χ0n) is 11.0. The fourth-order valence-electron chi connectivity index (χ4n) is 2.62. The smallest absolute Gasteiger partial charge is 0.408 e. The van der Waals surface area contributed by atoms with E-state index < -0.39 is 5.76 Å². The van der Waals surface area contributed by atoms with Gasteiger partial charge in [0.05, 0.1) is 5.52 Å². The van der Waals surface area contributed by atoms with Gasteiger partial charge in [0.15, 0.2) is 5.58 Å². The largest absolute Gasteiger partial charge is 0.417 e. The summed E-state index contributed by atoms with van der Waals surface area (Å²) in [6.07, 6.45) is 3.70. The van der Waals surface area contributed by atoms with Crippen LogP contribution in [-0.4, -0.2) is 23.0 Å². The number of oxazole rings is 1. The zero-order chi connectivity index (χ0) is 14.1. The molecule has 0 saturated heterocycles. The van der Waals surface area contributed by atoms with Crippen LogP contribution in [0.25, 0.3) is 11.1 Å². The molecular formula is C14H17N3O3. The summed E-state index contributed by atoms with van der Waals surface area (Å²) in [6, 6.07) is 5.37. The normalized spacial score (nSPS) is 22.9. The molecule has 0 spiro atoms. The first kappa shape index (κ1) is 12.9. The van der Waals surface area contributed by atoms with Crippen LogP contribution in [-0.2, 0) is 0 Å². The molecule has 0 unspecified atom stereocenters. The Morgan fingerprint density at radius 3 is 2.80 bits per heavy atom. The number of amides is 1. The third-order valence-electron chi connectivity index (χ3n) is 3.79. The molecule has 1 aliphatic carbocycles. The van der Waals surface area contributed by atoms with E-state index in [0.717, 1.165) is 25.7 Å². The van der Waals surface area contributed by atoms with Gasteiger partial charge in [-0.25, -0.2) is 4.79 Å². The second-order valence-corrected chi connectivity index (χ2v) is 5.31. The van der Waals surface area contributed by atoms with Crippen molar-refractivity contribution in [1.82, 2.24) is 10.3 Å². The van der Waals surface area contributed by atoms with Crippen molar-refractivity contribution in [2.75, 3.05) is 0 Å². The van der Waals surface area contributed by atoms with E-state index >= 15 is 0 Å². The minimum absolute atomic E-state index is 0.142. The first-order valence-corrected chi connectivity index (χ1v) is 6.81. The summed E-state index contributed by atoms with van der Waals surface area (Å²) in [5.74, 6) is -0.657. The third-order valence-corrected chi connectivity index (χ3v) is 3.79. The van der Waals surface area contributed by atoms with E-state index in [9.17, 15) is 9.59 Å². The SMILES string of the molecule is N[C@H]1CC[C@H](NC(=O)c2ccc3[nH]c(=O)oc3c2)CC1. The van der Waals surface area contributed by atoms with E-state index in [2.05, 4.69) is 10.3 Å². The Bertz CT molecular complexity index is 680. The molecule has 1 amide bonds. The van der Waals surface area contributed by atoms with Gasteiger partial charge in [0.2, 0.25) is 0 Å². The predicted molar refractivity (Wildman–Crippen MR) is 74.5 cm³/mol. The van der Waals surface area contributed by atoms with Crippen molar-refractivity contribution in [3.63, 3.8) is 0 Å². The summed E-state index contributed by atoms with van der Waals surface area (Å²) in [4.78, 5) is 25.8. The van der Waals surface area contributed by atoms with Gasteiger partial charge in [0.1, 0.15) is 0 Å². The summed E-state index contributed by atoms with van der Waals surface area (Å²) in [6.45, 7) is 0. The zero-order valence-corrected chi connectivity index (χ0v) is 11.0. The quantitative estimate of drug-likeness (QED) is 0.764. The van der Waals surface area contributed by atoms with Crippen LogP contribution in [0.15, 0.2) is 27.4 Å². The van der Waals surface area contributed by atoms with Gasteiger partial charge in [-0.15, -0.1) is 0 Å². The Labute approximate surface area is 115 Å². The maximum Gasteiger partial charge on any atom is 0.417 e. The van der Waals surface area contributed by atoms with E-state index in [0.29, 0.717) is 16.7 Å². The second-order valence-electron chi connectivity index (χ2n) is 5.31. The number of hydrogen-bond acceptors (Lipinski definition) is 4. The van der Waals surface area contributed by atoms with Crippen LogP contribution >= 0.6 is 0 Å². The monoisotopic (exact) mass is 275 g/mol. The average molecular weight is 275 g/mol. The fourth-order valence-corrected chi connectivity index (χ4v) is 2.62. The molecule has 106 valence electrons. The van der Waals surface area contributed by atoms with Crippen LogP contribution in [0.4, 0.5) is 0 Å². The molecule has 0 aliphatic heterocycles. The number of aromatic nitrogens is 1. The highest BCUT2D eigenvalue weighted by Crippen LogP contribution is 2.18. The Hall–Kier alpha value is -2.08. The van der Waals surface area contributed by atoms with Gasteiger partial charge in [0, 0.05) is 17.6 Å². The Morgan fingerprint density at radius 1 is 1.30 bits per heavy atom. The molecular weight excluding hydrogens is 258 g/mol. The number of carbonyl (C=O) groups excluding carboxylic acids is 1. The van der Waals surface area contributed by atoms with Crippen molar-refractivity contribution in [2.45, 2.75) is 37.8 Å². The van der Waals surface area contributed by atoms with Crippen molar-refractivity contribution >= 4 is 17.0 Å². The van der Waals surface area contributed by atoms with Crippen LogP contribution in [0, 0.1) is 0 Å². The van der Waals surface area contributed by atoms with Crippen LogP contribution < -0.4 is 16.8 Å². The molecule has 0 atom stereocenters. The van der Waals surface area contributed by atoms with Gasteiger partial charge in [-0.2, -0.15) is 0 Å². The maximum absolute atomic E-state index is 12.2. The van der Waals surface area contributed by atoms with Gasteiger partial charge in [-0.3, -0.25) is 9.78 Å². The molecule has 6 heteroatoms. The number of fused-ring (bicyclic) bond motifs is 1. The van der Waals surface area contributed by atoms with Crippen LogP contribution in [0.2, 0.25) is 0 Å². The molecule has 1 aliphatic rings. The molecule has 3 rings (SSSR count). The van der Waals surface area contributed by atoms with Crippen molar-refractivity contribution in [1.29, 1.82) is 0 Å². The highest BCUT2D eigenvalue weighted by Gasteiger charge is 2.20. The third kappa shape index (κ3) is 2.60. The molecule has 1 fully saturated rings. The highest BCUT2D eigenvalue weighted by molar-refractivity contribution is 5.97. The van der Waals surface area contributed by atoms with Crippen LogP contribution in [0.3, 0.4) is 0 Å². The summed E-state index contributed by atoms with van der Waals surface area (Å²) in [7, 11) is 0. The lowest BCUT2D eigenvalue weighted by molar-refractivity contribution is 0.0926. The number of carbonyl (C=O) groups is 1. The molecule has 0 radical (unpaired) electrons. The summed E-state index contributed by atoms with van der Waals surface area (Å²) in [5, 5.41) is 3.00. The Kier molecular flexibility index (Phi) is 3.31. The second kappa shape index (κ2) is 5.13. The number of nitrogens with one attached hydrogen (secondary N) is 2. The lowest BCUT2D eigenvalue weighted by Gasteiger charge is -2.26. The Balaban J connectivity index is 1.73. The highest BCUT2D eigenvalue weighted by atomic mass is 16.4. The number of benzene rings is 1. The standard InChI is InChI=1S/C14H17N3O3/c15-9-2-4-10(5-3-9)16-13(18)8-1-6-11-12(7-8)20-14(19)17-11/h1,6-7,9-10H,2-5,15H2,(H,16,18)(H,17,19)/t9-,10-. The fraction of sp³-hybridized carbons (Fsp3) is 0.429. The summed E-state index contributed by atoms with van der Waals surface area (Å²) in [5.41, 5.74) is 7.33. The topological polar surface area (TPSA) is 101 Å². The minimum Gasteiger partial charge on any atom is -0.408 e. The maximum atomic E-state index is 12.2. The van der Waals surface area contributed by atoms with E-state index in [1.165, 1.54) is 0 Å². The number of rotatable bonds is 2. The Morgan fingerprint density at radius 2 is 2.05 bits per heavy atom. The molecule has 6 nitrogen and oxygen atoms in total. The number of aromatic amines is 1. The molecule has 1 aromatic heterocycles. The van der Waals surface area contributed by atoms with Gasteiger partial charge in [-0.05, 0) is 43.9 Å². The first-order valence-electron chi connectivity index (χ1n) is 6.81. The van der Waals surface area contributed by atoms with E-state index in [1.54, 1.807) is 18.2 Å². The number of nitrogens with two attached hydrogens (primary N) is 1. The average Bonchev–Trinajstić information content (AvgIpc) is 2.80. The van der Waals surface area contributed by atoms with Gasteiger partial charge in [-0.1, -0.05) is 0 Å². The number of hydrogen-bond donors (Lipinski definition) is 3. The van der Waals surface area contributed by atoms with Gasteiger partial charge in [0.25, 0.3) is 5.91 Å². The van der Waals surface area contributed by atoms with Crippen LogP contribution in [0.5, 0.6) is 0 Å². The molecule has 1 saturated carbocycles. The lowest BCUT2D eigenvalue weighted by atomic mass is 9.91. The van der Waals surface area contributed by atoms with Crippen molar-refractivity contribution in [3.8, 4) is 0 Å². The number of H-pyrrole nitrogens is 1. The minimum atomic E-state index is -0.515. The summed E-state index contributed by atoms with van der Waals surface area (Å²) < 4.78 is 4.96. The molecule has 2 aromatic rings. The van der Waals surface area contributed by atoms with Crippen LogP contribution in [0.1, 0.15) is 36.0 Å². The van der Waals surface area contributed by atoms with E-state index in [4.69, 9.17) is 10.2 Å². The van der Waals surface area contributed by atoms with E-state index in [1.807, 2.05) is 0 Å². The molecule has 0 bridgehead atoms. The summed E-state index contributed by atoms with van der Waals surface area (Å²) >= 11 is 0.